The van der Waals surface area contributed by atoms with E-state index in [9.17, 15) is 9.18 Å². The zero-order valence-electron chi connectivity index (χ0n) is 16.1. The molecule has 0 unspecified atom stereocenters. The van der Waals surface area contributed by atoms with E-state index in [0.717, 1.165) is 37.6 Å². The van der Waals surface area contributed by atoms with Crippen LogP contribution in [-0.4, -0.2) is 43.5 Å². The third kappa shape index (κ3) is 4.66. The molecule has 4 rings (SSSR count). The highest BCUT2D eigenvalue weighted by Gasteiger charge is 2.27. The van der Waals surface area contributed by atoms with Gasteiger partial charge in [0.2, 0.25) is 0 Å². The number of carbonyl (C=O) groups excluding carboxylic acids is 1. The summed E-state index contributed by atoms with van der Waals surface area (Å²) in [6.45, 7) is 3.77. The zero-order chi connectivity index (χ0) is 20.1. The van der Waals surface area contributed by atoms with Gasteiger partial charge in [-0.25, -0.2) is 4.39 Å². The topological polar surface area (TPSA) is 48.7 Å². The smallest absolute Gasteiger partial charge is 0.251 e. The van der Waals surface area contributed by atoms with Gasteiger partial charge in [-0.05, 0) is 48.5 Å². The highest BCUT2D eigenvalue weighted by atomic mass is 19.1. The molecule has 1 N–H and O–H groups in total. The third-order valence-electron chi connectivity index (χ3n) is 5.31. The van der Waals surface area contributed by atoms with Gasteiger partial charge in [0.25, 0.3) is 5.91 Å². The molecule has 0 bridgehead atoms. The Morgan fingerprint density at radius 2 is 1.69 bits per heavy atom. The first-order valence-electron chi connectivity index (χ1n) is 9.82. The van der Waals surface area contributed by atoms with E-state index >= 15 is 0 Å². The minimum absolute atomic E-state index is 0.0342. The Kier molecular flexibility index (Phi) is 5.91. The molecule has 1 aliphatic rings. The maximum absolute atomic E-state index is 13.2. The second-order valence-electron chi connectivity index (χ2n) is 7.11. The molecule has 150 valence electrons. The molecular weight excluding hydrogens is 369 g/mol. The molecule has 2 heterocycles. The van der Waals surface area contributed by atoms with Crippen molar-refractivity contribution in [3.05, 3.63) is 90.1 Å². The highest BCUT2D eigenvalue weighted by Crippen LogP contribution is 2.24. The maximum Gasteiger partial charge on any atom is 0.251 e. The second-order valence-corrected chi connectivity index (χ2v) is 7.11. The van der Waals surface area contributed by atoms with Crippen LogP contribution >= 0.6 is 0 Å². The number of piperazine rings is 1. The van der Waals surface area contributed by atoms with Gasteiger partial charge >= 0.3 is 0 Å². The van der Waals surface area contributed by atoms with Crippen molar-refractivity contribution in [3.8, 4) is 0 Å². The number of amides is 1. The number of nitrogens with zero attached hydrogens (tertiary/aromatic N) is 2. The van der Waals surface area contributed by atoms with Crippen LogP contribution in [0.3, 0.4) is 0 Å². The molecule has 0 spiro atoms. The van der Waals surface area contributed by atoms with Crippen LogP contribution in [0.15, 0.2) is 77.4 Å². The fraction of sp³-hybridized carbons (Fsp3) is 0.261. The van der Waals surface area contributed by atoms with Crippen molar-refractivity contribution < 1.29 is 13.6 Å². The summed E-state index contributed by atoms with van der Waals surface area (Å²) in [5.41, 5.74) is 1.67. The van der Waals surface area contributed by atoms with Gasteiger partial charge in [-0.3, -0.25) is 9.69 Å². The predicted octanol–water partition coefficient (Wildman–Crippen LogP) is 3.71. The Morgan fingerprint density at radius 3 is 2.34 bits per heavy atom. The van der Waals surface area contributed by atoms with E-state index in [4.69, 9.17) is 4.42 Å². The van der Waals surface area contributed by atoms with Crippen LogP contribution < -0.4 is 10.2 Å². The average molecular weight is 393 g/mol. The predicted molar refractivity (Wildman–Crippen MR) is 110 cm³/mol. The molecule has 1 amide bonds. The van der Waals surface area contributed by atoms with E-state index in [1.807, 2.05) is 42.5 Å². The number of hydrogen-bond acceptors (Lipinski definition) is 4. The number of anilines is 1. The number of furan rings is 1. The Morgan fingerprint density at radius 1 is 0.966 bits per heavy atom. The molecule has 0 aliphatic carbocycles. The van der Waals surface area contributed by atoms with E-state index < -0.39 is 0 Å². The monoisotopic (exact) mass is 393 g/mol. The normalized spacial score (nSPS) is 15.8. The summed E-state index contributed by atoms with van der Waals surface area (Å²) in [6, 6.07) is 19.6. The van der Waals surface area contributed by atoms with Crippen LogP contribution in [0.2, 0.25) is 0 Å². The standard InChI is InChI=1S/C23H24FN3O2/c24-19-8-10-20(11-9-19)26-12-14-27(15-13-26)21(22-7-4-16-29-22)17-25-23(28)18-5-2-1-3-6-18/h1-11,16,21H,12-15,17H2,(H,25,28)/t21-/m0/s1. The third-order valence-corrected chi connectivity index (χ3v) is 5.31. The molecule has 1 fully saturated rings. The number of carbonyl (C=O) groups is 1. The Hall–Kier alpha value is -3.12. The van der Waals surface area contributed by atoms with E-state index in [2.05, 4.69) is 15.1 Å². The van der Waals surface area contributed by atoms with Gasteiger partial charge < -0.3 is 14.6 Å². The minimum Gasteiger partial charge on any atom is -0.468 e. The van der Waals surface area contributed by atoms with E-state index in [0.29, 0.717) is 12.1 Å². The molecule has 1 atom stereocenters. The van der Waals surface area contributed by atoms with Gasteiger partial charge in [-0.15, -0.1) is 0 Å². The van der Waals surface area contributed by atoms with Gasteiger partial charge in [0.15, 0.2) is 0 Å². The van der Waals surface area contributed by atoms with Crippen molar-refractivity contribution in [2.45, 2.75) is 6.04 Å². The first kappa shape index (κ1) is 19.2. The molecule has 5 nitrogen and oxygen atoms in total. The van der Waals surface area contributed by atoms with Gasteiger partial charge in [-0.1, -0.05) is 18.2 Å². The first-order chi connectivity index (χ1) is 14.2. The lowest BCUT2D eigenvalue weighted by Crippen LogP contribution is -2.49. The minimum atomic E-state index is -0.223. The molecule has 2 aromatic carbocycles. The fourth-order valence-corrected chi connectivity index (χ4v) is 3.72. The van der Waals surface area contributed by atoms with Crippen molar-refractivity contribution >= 4 is 11.6 Å². The summed E-state index contributed by atoms with van der Waals surface area (Å²) in [7, 11) is 0. The largest absolute Gasteiger partial charge is 0.468 e. The maximum atomic E-state index is 13.2. The first-order valence-corrected chi connectivity index (χ1v) is 9.82. The zero-order valence-corrected chi connectivity index (χ0v) is 16.1. The average Bonchev–Trinajstić information content (AvgIpc) is 3.30. The summed E-state index contributed by atoms with van der Waals surface area (Å²) < 4.78 is 18.8. The van der Waals surface area contributed by atoms with Crippen LogP contribution in [-0.2, 0) is 0 Å². The van der Waals surface area contributed by atoms with Crippen LogP contribution in [0.5, 0.6) is 0 Å². The van der Waals surface area contributed by atoms with Gasteiger partial charge in [0, 0.05) is 44.0 Å². The molecular formula is C23H24FN3O2. The van der Waals surface area contributed by atoms with E-state index in [1.54, 1.807) is 18.4 Å². The fourth-order valence-electron chi connectivity index (χ4n) is 3.72. The summed E-state index contributed by atoms with van der Waals surface area (Å²) in [5.74, 6) is 0.528. The molecule has 0 radical (unpaired) electrons. The Balaban J connectivity index is 1.40. The van der Waals surface area contributed by atoms with Gasteiger partial charge in [-0.2, -0.15) is 0 Å². The molecule has 29 heavy (non-hydrogen) atoms. The van der Waals surface area contributed by atoms with Gasteiger partial charge in [0.05, 0.1) is 12.3 Å². The van der Waals surface area contributed by atoms with Crippen molar-refractivity contribution in [1.82, 2.24) is 10.2 Å². The number of benzene rings is 2. The molecule has 6 heteroatoms. The molecule has 1 aromatic heterocycles. The summed E-state index contributed by atoms with van der Waals surface area (Å²) in [5, 5.41) is 3.04. The molecule has 0 saturated carbocycles. The van der Waals surface area contributed by atoms with Crippen LogP contribution in [0, 0.1) is 5.82 Å². The van der Waals surface area contributed by atoms with Crippen LogP contribution in [0.1, 0.15) is 22.2 Å². The summed E-state index contributed by atoms with van der Waals surface area (Å²) >= 11 is 0. The number of rotatable bonds is 6. The quantitative estimate of drug-likeness (QED) is 0.694. The number of hydrogen-bond donors (Lipinski definition) is 1. The van der Waals surface area contributed by atoms with Crippen molar-refractivity contribution in [3.63, 3.8) is 0 Å². The van der Waals surface area contributed by atoms with Crippen LogP contribution in [0.25, 0.3) is 0 Å². The SMILES string of the molecule is O=C(NC[C@@H](c1ccco1)N1CCN(c2ccc(F)cc2)CC1)c1ccccc1. The van der Waals surface area contributed by atoms with Crippen molar-refractivity contribution in [1.29, 1.82) is 0 Å². The number of nitrogens with one attached hydrogen (secondary N) is 1. The number of halogens is 1. The highest BCUT2D eigenvalue weighted by molar-refractivity contribution is 5.94. The van der Waals surface area contributed by atoms with Gasteiger partial charge in [0.1, 0.15) is 11.6 Å². The molecule has 1 aliphatic heterocycles. The molecule has 3 aromatic rings. The lowest BCUT2D eigenvalue weighted by Gasteiger charge is -2.39. The summed E-state index contributed by atoms with van der Waals surface area (Å²) in [4.78, 5) is 17.0. The lowest BCUT2D eigenvalue weighted by atomic mass is 10.1. The van der Waals surface area contributed by atoms with Crippen molar-refractivity contribution in [2.24, 2.45) is 0 Å². The van der Waals surface area contributed by atoms with E-state index in [-0.39, 0.29) is 17.8 Å². The Labute approximate surface area is 169 Å². The van der Waals surface area contributed by atoms with E-state index in [1.165, 1.54) is 12.1 Å². The Bertz CT molecular complexity index is 905. The lowest BCUT2D eigenvalue weighted by molar-refractivity contribution is 0.0923. The van der Waals surface area contributed by atoms with Crippen LogP contribution in [0.4, 0.5) is 10.1 Å². The molecule has 1 saturated heterocycles. The van der Waals surface area contributed by atoms with Crippen molar-refractivity contribution in [2.75, 3.05) is 37.6 Å². The summed E-state index contributed by atoms with van der Waals surface area (Å²) in [6.07, 6.45) is 1.66. The second kappa shape index (κ2) is 8.92.